The lowest BCUT2D eigenvalue weighted by Crippen LogP contribution is -2.30. The fourth-order valence-corrected chi connectivity index (χ4v) is 3.32. The fourth-order valence-electron chi connectivity index (χ4n) is 3.32. The van der Waals surface area contributed by atoms with Crippen molar-refractivity contribution in [2.45, 2.75) is 39.3 Å². The molecule has 2 N–H and O–H groups in total. The van der Waals surface area contributed by atoms with Crippen molar-refractivity contribution in [2.24, 2.45) is 0 Å². The number of benzene rings is 2. The molecule has 0 bridgehead atoms. The Bertz CT molecular complexity index is 995. The molecule has 1 atom stereocenters. The van der Waals surface area contributed by atoms with Crippen molar-refractivity contribution in [1.82, 2.24) is 14.9 Å². The number of ether oxygens (including phenoxy) is 1. The van der Waals surface area contributed by atoms with E-state index in [4.69, 9.17) is 4.74 Å². The number of imidazole rings is 1. The van der Waals surface area contributed by atoms with Crippen LogP contribution in [0.25, 0.3) is 11.0 Å². The van der Waals surface area contributed by atoms with Crippen LogP contribution in [0, 0.1) is 0 Å². The van der Waals surface area contributed by atoms with Crippen LogP contribution < -0.4 is 15.4 Å². The van der Waals surface area contributed by atoms with Crippen LogP contribution in [0.2, 0.25) is 0 Å². The van der Waals surface area contributed by atoms with Gasteiger partial charge in [0.25, 0.3) is 0 Å². The minimum atomic E-state index is -0.442. The van der Waals surface area contributed by atoms with E-state index < -0.39 is 6.04 Å². The summed E-state index contributed by atoms with van der Waals surface area (Å²) in [5.74, 6) is 0.825. The Kier molecular flexibility index (Phi) is 6.49. The number of fused-ring (bicyclic) bond motifs is 1. The van der Waals surface area contributed by atoms with E-state index >= 15 is 0 Å². The van der Waals surface area contributed by atoms with Gasteiger partial charge in [-0.1, -0.05) is 31.2 Å². The maximum Gasteiger partial charge on any atom is 0.229 e. The van der Waals surface area contributed by atoms with E-state index in [1.54, 1.807) is 7.11 Å². The van der Waals surface area contributed by atoms with Gasteiger partial charge in [-0.3, -0.25) is 14.9 Å². The van der Waals surface area contributed by atoms with Gasteiger partial charge in [0.05, 0.1) is 30.6 Å². The Morgan fingerprint density at radius 2 is 1.86 bits per heavy atom. The van der Waals surface area contributed by atoms with Gasteiger partial charge in [0.1, 0.15) is 5.75 Å². The summed E-state index contributed by atoms with van der Waals surface area (Å²) in [5, 5.41) is 5.77. The number of hydrogen-bond acceptors (Lipinski definition) is 4. The van der Waals surface area contributed by atoms with Crippen LogP contribution in [0.3, 0.4) is 0 Å². The molecule has 152 valence electrons. The average molecular weight is 394 g/mol. The van der Waals surface area contributed by atoms with E-state index in [9.17, 15) is 9.59 Å². The number of hydrogen-bond donors (Lipinski definition) is 2. The van der Waals surface area contributed by atoms with Gasteiger partial charge < -0.3 is 14.6 Å². The third-order valence-corrected chi connectivity index (χ3v) is 4.64. The number of rotatable bonds is 8. The average Bonchev–Trinajstić information content (AvgIpc) is 3.04. The molecule has 0 saturated heterocycles. The lowest BCUT2D eigenvalue weighted by atomic mass is 10.0. The van der Waals surface area contributed by atoms with Gasteiger partial charge in [0, 0.05) is 13.5 Å². The number of aryl methyl sites for hydroxylation is 1. The molecule has 0 unspecified atom stereocenters. The topological polar surface area (TPSA) is 85.2 Å². The highest BCUT2D eigenvalue weighted by molar-refractivity contribution is 5.92. The molecule has 7 heteroatoms. The largest absolute Gasteiger partial charge is 0.497 e. The molecule has 2 aromatic carbocycles. The number of carbonyl (C=O) groups is 2. The van der Waals surface area contributed by atoms with Crippen LogP contribution in [0.1, 0.15) is 38.3 Å². The number of aromatic nitrogens is 2. The van der Waals surface area contributed by atoms with Crippen LogP contribution in [0.5, 0.6) is 5.75 Å². The van der Waals surface area contributed by atoms with Crippen molar-refractivity contribution in [3.05, 3.63) is 54.1 Å². The zero-order chi connectivity index (χ0) is 20.8. The van der Waals surface area contributed by atoms with Crippen molar-refractivity contribution in [2.75, 3.05) is 12.4 Å². The van der Waals surface area contributed by atoms with E-state index in [0.717, 1.165) is 29.6 Å². The highest BCUT2D eigenvalue weighted by Gasteiger charge is 2.19. The summed E-state index contributed by atoms with van der Waals surface area (Å²) < 4.78 is 7.19. The van der Waals surface area contributed by atoms with Gasteiger partial charge in [0.15, 0.2) is 0 Å². The maximum absolute atomic E-state index is 12.8. The summed E-state index contributed by atoms with van der Waals surface area (Å²) >= 11 is 0. The molecule has 0 aliphatic heterocycles. The predicted octanol–water partition coefficient (Wildman–Crippen LogP) is 3.66. The molecule has 0 fully saturated rings. The van der Waals surface area contributed by atoms with Crippen molar-refractivity contribution in [1.29, 1.82) is 0 Å². The van der Waals surface area contributed by atoms with E-state index in [1.807, 2.05) is 53.1 Å². The molecular weight excluding hydrogens is 368 g/mol. The van der Waals surface area contributed by atoms with Gasteiger partial charge in [-0.25, -0.2) is 4.98 Å². The zero-order valence-electron chi connectivity index (χ0n) is 16.9. The van der Waals surface area contributed by atoms with Gasteiger partial charge in [-0.05, 0) is 36.2 Å². The molecule has 3 aromatic rings. The third-order valence-electron chi connectivity index (χ3n) is 4.64. The van der Waals surface area contributed by atoms with Crippen LogP contribution in [-0.2, 0) is 16.1 Å². The number of nitrogens with zero attached hydrogens (tertiary/aromatic N) is 2. The van der Waals surface area contributed by atoms with Gasteiger partial charge in [0.2, 0.25) is 17.8 Å². The molecule has 0 radical (unpaired) electrons. The lowest BCUT2D eigenvalue weighted by molar-refractivity contribution is -0.120. The number of carbonyl (C=O) groups excluding carboxylic acids is 2. The Balaban J connectivity index is 1.80. The van der Waals surface area contributed by atoms with Gasteiger partial charge >= 0.3 is 0 Å². The molecule has 3 rings (SSSR count). The highest BCUT2D eigenvalue weighted by atomic mass is 16.5. The van der Waals surface area contributed by atoms with Gasteiger partial charge in [-0.15, -0.1) is 0 Å². The number of amides is 2. The van der Waals surface area contributed by atoms with Crippen molar-refractivity contribution in [3.8, 4) is 5.75 Å². The number of methoxy groups -OCH3 is 1. The standard InChI is InChI=1S/C22H26N4O3/c1-4-13-26-20-8-6-5-7-18(20)24-22(26)25-21(28)14-19(23-15(2)27)16-9-11-17(29-3)12-10-16/h5-12,19H,4,13-14H2,1-3H3,(H,23,27)(H,24,25,28)/t19-/m1/s1. The second-order valence-electron chi connectivity index (χ2n) is 6.85. The molecule has 1 aromatic heterocycles. The first-order valence-corrected chi connectivity index (χ1v) is 9.68. The Labute approximate surface area is 170 Å². The molecule has 0 saturated carbocycles. The van der Waals surface area contributed by atoms with E-state index in [0.29, 0.717) is 11.7 Å². The monoisotopic (exact) mass is 394 g/mol. The molecule has 0 spiro atoms. The van der Waals surface area contributed by atoms with E-state index in [-0.39, 0.29) is 18.2 Å². The summed E-state index contributed by atoms with van der Waals surface area (Å²) in [6, 6.07) is 14.7. The first kappa shape index (κ1) is 20.4. The minimum absolute atomic E-state index is 0.0985. The summed E-state index contributed by atoms with van der Waals surface area (Å²) in [6.45, 7) is 4.27. The number of anilines is 1. The normalized spacial score (nSPS) is 11.8. The predicted molar refractivity (Wildman–Crippen MR) is 113 cm³/mol. The van der Waals surface area contributed by atoms with Crippen LogP contribution in [0.4, 0.5) is 5.95 Å². The Hall–Kier alpha value is -3.35. The Morgan fingerprint density at radius 3 is 2.52 bits per heavy atom. The van der Waals surface area contributed by atoms with Crippen molar-refractivity contribution in [3.63, 3.8) is 0 Å². The first-order valence-electron chi connectivity index (χ1n) is 9.68. The van der Waals surface area contributed by atoms with Gasteiger partial charge in [-0.2, -0.15) is 0 Å². The van der Waals surface area contributed by atoms with Crippen LogP contribution in [-0.4, -0.2) is 28.5 Å². The zero-order valence-corrected chi connectivity index (χ0v) is 16.9. The second kappa shape index (κ2) is 9.23. The fraction of sp³-hybridized carbons (Fsp3) is 0.318. The molecule has 29 heavy (non-hydrogen) atoms. The smallest absolute Gasteiger partial charge is 0.229 e. The molecule has 0 aliphatic rings. The highest BCUT2D eigenvalue weighted by Crippen LogP contribution is 2.23. The summed E-state index contributed by atoms with van der Waals surface area (Å²) in [5.41, 5.74) is 2.65. The molecule has 7 nitrogen and oxygen atoms in total. The summed E-state index contributed by atoms with van der Waals surface area (Å²) in [4.78, 5) is 29.0. The quantitative estimate of drug-likeness (QED) is 0.611. The summed E-state index contributed by atoms with van der Waals surface area (Å²) in [7, 11) is 1.59. The van der Waals surface area contributed by atoms with E-state index in [2.05, 4.69) is 22.5 Å². The molecule has 2 amide bonds. The van der Waals surface area contributed by atoms with Crippen molar-refractivity contribution < 1.29 is 14.3 Å². The molecule has 1 heterocycles. The molecular formula is C22H26N4O3. The van der Waals surface area contributed by atoms with Crippen LogP contribution >= 0.6 is 0 Å². The van der Waals surface area contributed by atoms with Crippen LogP contribution in [0.15, 0.2) is 48.5 Å². The second-order valence-corrected chi connectivity index (χ2v) is 6.85. The SMILES string of the molecule is CCCn1c(NC(=O)C[C@@H](NC(C)=O)c2ccc(OC)cc2)nc2ccccc21. The summed E-state index contributed by atoms with van der Waals surface area (Å²) in [6.07, 6.45) is 1.02. The third kappa shape index (κ3) is 4.93. The maximum atomic E-state index is 12.8. The molecule has 0 aliphatic carbocycles. The lowest BCUT2D eigenvalue weighted by Gasteiger charge is -2.18. The minimum Gasteiger partial charge on any atom is -0.497 e. The Morgan fingerprint density at radius 1 is 1.14 bits per heavy atom. The van der Waals surface area contributed by atoms with Crippen molar-refractivity contribution >= 4 is 28.8 Å². The first-order chi connectivity index (χ1) is 14.0. The number of para-hydroxylation sites is 2. The van der Waals surface area contributed by atoms with E-state index in [1.165, 1.54) is 6.92 Å². The number of nitrogens with one attached hydrogen (secondary N) is 2.